The third-order valence-electron chi connectivity index (χ3n) is 5.63. The summed E-state index contributed by atoms with van der Waals surface area (Å²) in [4.78, 5) is 32.7. The Morgan fingerprint density at radius 1 is 1.26 bits per heavy atom. The molecule has 4 aromatic rings. The molecule has 11 nitrogen and oxygen atoms in total. The normalized spacial score (nSPS) is 16.0. The van der Waals surface area contributed by atoms with Crippen LogP contribution in [-0.4, -0.2) is 66.2 Å². The molecule has 1 aliphatic rings. The molecule has 0 radical (unpaired) electrons. The predicted molar refractivity (Wildman–Crippen MR) is 127 cm³/mol. The van der Waals surface area contributed by atoms with Crippen LogP contribution in [0.3, 0.4) is 0 Å². The van der Waals surface area contributed by atoms with E-state index in [9.17, 15) is 9.90 Å². The van der Waals surface area contributed by atoms with E-state index in [4.69, 9.17) is 9.98 Å². The summed E-state index contributed by atoms with van der Waals surface area (Å²) < 4.78 is 1.59. The first-order valence-corrected chi connectivity index (χ1v) is 11.2. The molecule has 11 heteroatoms. The highest BCUT2D eigenvalue weighted by Crippen LogP contribution is 2.23. The minimum absolute atomic E-state index is 0.000231. The molecule has 5 rings (SSSR count). The van der Waals surface area contributed by atoms with Crippen LogP contribution in [0, 0.1) is 0 Å². The van der Waals surface area contributed by atoms with Crippen molar-refractivity contribution in [2.24, 2.45) is 4.99 Å². The van der Waals surface area contributed by atoms with Gasteiger partial charge in [-0.1, -0.05) is 30.3 Å². The molecule has 0 spiro atoms. The van der Waals surface area contributed by atoms with Crippen molar-refractivity contribution in [3.63, 3.8) is 0 Å². The van der Waals surface area contributed by atoms with Gasteiger partial charge in [-0.25, -0.2) is 9.79 Å². The van der Waals surface area contributed by atoms with Gasteiger partial charge in [-0.3, -0.25) is 4.98 Å². The second-order valence-electron chi connectivity index (χ2n) is 8.73. The molecule has 0 aliphatic heterocycles. The van der Waals surface area contributed by atoms with Crippen molar-refractivity contribution in [3.05, 3.63) is 69.1 Å². The van der Waals surface area contributed by atoms with E-state index < -0.39 is 5.69 Å². The van der Waals surface area contributed by atoms with Gasteiger partial charge in [0.2, 0.25) is 11.8 Å². The Labute approximate surface area is 194 Å². The quantitative estimate of drug-likeness (QED) is 0.301. The molecule has 34 heavy (non-hydrogen) atoms. The van der Waals surface area contributed by atoms with E-state index in [1.54, 1.807) is 16.8 Å². The molecule has 0 saturated heterocycles. The molecular formula is C23H27N9O2. The lowest BCUT2D eigenvalue weighted by atomic mass is 10.0. The minimum atomic E-state index is -0.492. The first-order valence-electron chi connectivity index (χ1n) is 11.2. The van der Waals surface area contributed by atoms with Crippen molar-refractivity contribution in [3.8, 4) is 5.88 Å². The zero-order valence-corrected chi connectivity index (χ0v) is 19.1. The average molecular weight is 462 g/mol. The highest BCUT2D eigenvalue weighted by atomic mass is 16.3. The number of nitrogens with zero attached hydrogens (tertiary/aromatic N) is 6. The monoisotopic (exact) mass is 461 g/mol. The van der Waals surface area contributed by atoms with Crippen LogP contribution in [0.15, 0.2) is 46.3 Å². The Bertz CT molecular complexity index is 1470. The summed E-state index contributed by atoms with van der Waals surface area (Å²) in [6.45, 7) is 0.889. The second kappa shape index (κ2) is 9.10. The number of benzene rings is 1. The summed E-state index contributed by atoms with van der Waals surface area (Å²) in [7, 11) is 4.10. The van der Waals surface area contributed by atoms with Crippen LogP contribution in [-0.2, 0) is 0 Å². The molecule has 0 bridgehead atoms. The highest BCUT2D eigenvalue weighted by molar-refractivity contribution is 5.57. The fourth-order valence-corrected chi connectivity index (χ4v) is 3.70. The topological polar surface area (TPSA) is 140 Å². The lowest BCUT2D eigenvalue weighted by Gasteiger charge is -2.21. The molecule has 0 amide bonds. The van der Waals surface area contributed by atoms with Gasteiger partial charge in [-0.05, 0) is 51.5 Å². The SMILES string of the molecule is CN(C)CCC(Nc1nc(=NC2CC2)n2nc/c(=C\c3[nH]c(=O)[nH]c3O)c2n1)c1ccccc1. The van der Waals surface area contributed by atoms with Crippen molar-refractivity contribution in [1.29, 1.82) is 0 Å². The maximum atomic E-state index is 11.5. The number of anilines is 1. The largest absolute Gasteiger partial charge is 0.493 e. The van der Waals surface area contributed by atoms with Crippen LogP contribution in [0.4, 0.5) is 5.95 Å². The van der Waals surface area contributed by atoms with Crippen molar-refractivity contribution >= 4 is 17.7 Å². The molecule has 3 aromatic heterocycles. The predicted octanol–water partition coefficient (Wildman–Crippen LogP) is 0.562. The first kappa shape index (κ1) is 21.8. The number of hydrogen-bond acceptors (Lipinski definition) is 8. The van der Waals surface area contributed by atoms with E-state index in [-0.39, 0.29) is 23.7 Å². The number of rotatable bonds is 8. The zero-order valence-electron chi connectivity index (χ0n) is 19.1. The summed E-state index contributed by atoms with van der Waals surface area (Å²) in [6, 6.07) is 10.5. The fraction of sp³-hybridized carbons (Fsp3) is 0.348. The molecular weight excluding hydrogens is 434 g/mol. The number of fused-ring (bicyclic) bond motifs is 1. The van der Waals surface area contributed by atoms with Crippen LogP contribution in [0.2, 0.25) is 0 Å². The molecule has 4 N–H and O–H groups in total. The number of H-pyrrole nitrogens is 2. The number of hydrogen-bond donors (Lipinski definition) is 4. The Kier molecular flexibility index (Phi) is 5.84. The Morgan fingerprint density at radius 3 is 2.74 bits per heavy atom. The maximum Gasteiger partial charge on any atom is 0.326 e. The Morgan fingerprint density at radius 2 is 2.06 bits per heavy atom. The van der Waals surface area contributed by atoms with Crippen molar-refractivity contribution in [2.45, 2.75) is 31.3 Å². The number of imidazole rings is 1. The smallest absolute Gasteiger partial charge is 0.326 e. The van der Waals surface area contributed by atoms with Crippen LogP contribution in [0.5, 0.6) is 5.88 Å². The van der Waals surface area contributed by atoms with Crippen molar-refractivity contribution in [2.75, 3.05) is 26.0 Å². The van der Waals surface area contributed by atoms with Gasteiger partial charge in [0.25, 0.3) is 5.62 Å². The second-order valence-corrected chi connectivity index (χ2v) is 8.73. The van der Waals surface area contributed by atoms with Crippen molar-refractivity contribution < 1.29 is 5.11 Å². The summed E-state index contributed by atoms with van der Waals surface area (Å²) >= 11 is 0. The standard InChI is InChI=1S/C23H27N9O2/c1-31(2)11-10-17(14-6-4-3-5-7-14)26-21-28-19-15(12-18-20(33)29-23(34)27-18)13-24-32(19)22(30-21)25-16-8-9-16/h3-7,12-13,16-17,33H,8-11H2,1-2H3,(H,25,26,30)(H2,27,29,34)/b15-12+. The molecule has 1 aliphatic carbocycles. The van der Waals surface area contributed by atoms with Crippen LogP contribution in [0.25, 0.3) is 11.7 Å². The number of aromatic nitrogens is 6. The third-order valence-corrected chi connectivity index (χ3v) is 5.63. The fourth-order valence-electron chi connectivity index (χ4n) is 3.70. The molecule has 176 valence electrons. The summed E-state index contributed by atoms with van der Waals surface area (Å²) in [5, 5.41) is 18.5. The van der Waals surface area contributed by atoms with Gasteiger partial charge in [-0.15, -0.1) is 0 Å². The average Bonchev–Trinajstić information content (AvgIpc) is 3.45. The van der Waals surface area contributed by atoms with E-state index in [0.717, 1.165) is 31.4 Å². The first-order chi connectivity index (χ1) is 16.5. The van der Waals surface area contributed by atoms with E-state index in [2.05, 4.69) is 42.4 Å². The van der Waals surface area contributed by atoms with Gasteiger partial charge in [0.1, 0.15) is 5.69 Å². The van der Waals surface area contributed by atoms with Gasteiger partial charge < -0.3 is 20.3 Å². The Balaban J connectivity index is 1.60. The number of nitrogens with one attached hydrogen (secondary N) is 3. The van der Waals surface area contributed by atoms with Gasteiger partial charge >= 0.3 is 5.69 Å². The summed E-state index contributed by atoms with van der Waals surface area (Å²) in [5.41, 5.74) is 1.90. The van der Waals surface area contributed by atoms with Crippen LogP contribution < -0.4 is 21.8 Å². The van der Waals surface area contributed by atoms with E-state index in [1.807, 2.05) is 32.3 Å². The molecule has 1 fully saturated rings. The lowest BCUT2D eigenvalue weighted by Crippen LogP contribution is -2.27. The van der Waals surface area contributed by atoms with Crippen LogP contribution >= 0.6 is 0 Å². The maximum absolute atomic E-state index is 11.5. The molecule has 1 aromatic carbocycles. The summed E-state index contributed by atoms with van der Waals surface area (Å²) in [6.07, 6.45) is 6.15. The number of aromatic amines is 2. The minimum Gasteiger partial charge on any atom is -0.493 e. The third kappa shape index (κ3) is 4.84. The zero-order chi connectivity index (χ0) is 23.7. The van der Waals surface area contributed by atoms with E-state index in [1.165, 1.54) is 0 Å². The van der Waals surface area contributed by atoms with Gasteiger partial charge in [0.05, 0.1) is 18.3 Å². The highest BCUT2D eigenvalue weighted by Gasteiger charge is 2.21. The molecule has 3 heterocycles. The van der Waals surface area contributed by atoms with Gasteiger partial charge in [-0.2, -0.15) is 19.6 Å². The molecule has 1 saturated carbocycles. The molecule has 1 unspecified atom stereocenters. The van der Waals surface area contributed by atoms with Gasteiger partial charge in [0, 0.05) is 5.22 Å². The Hall–Kier alpha value is -3.99. The summed E-state index contributed by atoms with van der Waals surface area (Å²) in [5.74, 6) is 0.203. The molecule has 1 atom stereocenters. The van der Waals surface area contributed by atoms with Crippen molar-refractivity contribution in [1.82, 2.24) is 34.4 Å². The number of aromatic hydroxyl groups is 1. The van der Waals surface area contributed by atoms with E-state index >= 15 is 0 Å². The van der Waals surface area contributed by atoms with E-state index in [0.29, 0.717) is 22.4 Å². The van der Waals surface area contributed by atoms with Crippen LogP contribution in [0.1, 0.15) is 36.6 Å². The van der Waals surface area contributed by atoms with Gasteiger partial charge in [0.15, 0.2) is 5.65 Å². The lowest BCUT2D eigenvalue weighted by molar-refractivity contribution is 0.387.